The molecule has 2 saturated carbocycles. The fourth-order valence-electron chi connectivity index (χ4n) is 6.36. The van der Waals surface area contributed by atoms with E-state index < -0.39 is 29.3 Å². The van der Waals surface area contributed by atoms with Crippen molar-refractivity contribution in [3.8, 4) is 0 Å². The first kappa shape index (κ1) is 23.4. The van der Waals surface area contributed by atoms with E-state index in [1.165, 1.54) is 5.01 Å². The summed E-state index contributed by atoms with van der Waals surface area (Å²) in [6.07, 6.45) is 4.68. The number of carbonyl (C=O) groups excluding carboxylic acids is 3. The molecule has 1 saturated heterocycles. The summed E-state index contributed by atoms with van der Waals surface area (Å²) in [5.74, 6) is -4.16. The molecule has 2 aliphatic heterocycles. The molecular weight excluding hydrogens is 442 g/mol. The highest BCUT2D eigenvalue weighted by Gasteiger charge is 2.58. The maximum absolute atomic E-state index is 13.7. The zero-order chi connectivity index (χ0) is 24.1. The first-order chi connectivity index (χ1) is 16.2. The lowest BCUT2D eigenvalue weighted by Gasteiger charge is -2.50. The standard InChI is InChI=1S/C25H32F2N4O3/c26-24(27)14-12-16(13-15-24)29-20-9-4-3-8-19(20)25(28)18-7-2-1-6-17(18)23(34)31(25)30-21(32)10-5-11-22(30)33/h1-2,6-7,16,19-20,29H,3-5,8-15,28H2/t19-,20+,25?/m0/s1. The number of hydrogen-bond donors (Lipinski definition) is 2. The van der Waals surface area contributed by atoms with E-state index in [1.54, 1.807) is 18.2 Å². The topological polar surface area (TPSA) is 95.7 Å². The third kappa shape index (κ3) is 3.82. The van der Waals surface area contributed by atoms with Crippen LogP contribution in [0.15, 0.2) is 24.3 Å². The number of alkyl halides is 2. The number of hydrogen-bond acceptors (Lipinski definition) is 5. The molecule has 3 N–H and O–H groups in total. The Morgan fingerprint density at radius 1 is 0.912 bits per heavy atom. The van der Waals surface area contributed by atoms with E-state index in [2.05, 4.69) is 5.32 Å². The number of imide groups is 1. The van der Waals surface area contributed by atoms with Crippen molar-refractivity contribution in [1.82, 2.24) is 15.3 Å². The van der Waals surface area contributed by atoms with Gasteiger partial charge in [0.2, 0.25) is 17.7 Å². The van der Waals surface area contributed by atoms with Crippen LogP contribution in [0.2, 0.25) is 0 Å². The lowest BCUT2D eigenvalue weighted by atomic mass is 9.73. The van der Waals surface area contributed by atoms with Gasteiger partial charge in [-0.05, 0) is 38.2 Å². The summed E-state index contributed by atoms with van der Waals surface area (Å²) in [4.78, 5) is 39.4. The zero-order valence-electron chi connectivity index (χ0n) is 19.3. The van der Waals surface area contributed by atoms with Crippen LogP contribution in [-0.4, -0.2) is 45.7 Å². The Balaban J connectivity index is 1.51. The normalized spacial score (nSPS) is 32.3. The van der Waals surface area contributed by atoms with Gasteiger partial charge >= 0.3 is 0 Å². The molecule has 3 atom stereocenters. The Morgan fingerprint density at radius 2 is 1.56 bits per heavy atom. The number of nitrogens with zero attached hydrogens (tertiary/aromatic N) is 2. The van der Waals surface area contributed by atoms with Crippen LogP contribution in [-0.2, 0) is 15.3 Å². The van der Waals surface area contributed by atoms with Crippen molar-refractivity contribution >= 4 is 17.7 Å². The molecule has 2 heterocycles. The predicted molar refractivity (Wildman–Crippen MR) is 120 cm³/mol. The van der Waals surface area contributed by atoms with Crippen molar-refractivity contribution in [3.63, 3.8) is 0 Å². The molecule has 5 rings (SSSR count). The molecule has 3 fully saturated rings. The van der Waals surface area contributed by atoms with Crippen molar-refractivity contribution in [2.24, 2.45) is 11.7 Å². The van der Waals surface area contributed by atoms with Crippen molar-refractivity contribution in [1.29, 1.82) is 0 Å². The molecule has 3 amide bonds. The molecule has 0 radical (unpaired) electrons. The molecule has 34 heavy (non-hydrogen) atoms. The van der Waals surface area contributed by atoms with Crippen LogP contribution in [0.4, 0.5) is 8.78 Å². The number of nitrogens with two attached hydrogens (primary N) is 1. The van der Waals surface area contributed by atoms with E-state index in [9.17, 15) is 23.2 Å². The number of hydrazine groups is 1. The van der Waals surface area contributed by atoms with Gasteiger partial charge in [-0.1, -0.05) is 31.0 Å². The number of rotatable bonds is 4. The minimum Gasteiger partial charge on any atom is -0.311 e. The van der Waals surface area contributed by atoms with E-state index in [4.69, 9.17) is 5.73 Å². The first-order valence-electron chi connectivity index (χ1n) is 12.4. The van der Waals surface area contributed by atoms with Gasteiger partial charge in [0.25, 0.3) is 5.91 Å². The summed E-state index contributed by atoms with van der Waals surface area (Å²) in [6.45, 7) is 0. The third-order valence-electron chi connectivity index (χ3n) is 8.08. The molecule has 4 aliphatic rings. The minimum absolute atomic E-state index is 0.0483. The number of nitrogens with one attached hydrogen (secondary N) is 1. The molecule has 7 nitrogen and oxygen atoms in total. The van der Waals surface area contributed by atoms with Gasteiger partial charge in [-0.3, -0.25) is 14.4 Å². The van der Waals surface area contributed by atoms with Gasteiger partial charge in [0.1, 0.15) is 5.66 Å². The van der Waals surface area contributed by atoms with Crippen molar-refractivity contribution in [2.75, 3.05) is 0 Å². The fraction of sp³-hybridized carbons (Fsp3) is 0.640. The summed E-state index contributed by atoms with van der Waals surface area (Å²) >= 11 is 0. The van der Waals surface area contributed by atoms with Crippen molar-refractivity contribution in [3.05, 3.63) is 35.4 Å². The summed E-state index contributed by atoms with van der Waals surface area (Å²) in [5, 5.41) is 5.81. The highest BCUT2D eigenvalue weighted by atomic mass is 19.3. The molecule has 2 aliphatic carbocycles. The molecule has 9 heteroatoms. The first-order valence-corrected chi connectivity index (χ1v) is 12.4. The summed E-state index contributed by atoms with van der Waals surface area (Å²) in [6, 6.07) is 6.89. The van der Waals surface area contributed by atoms with Gasteiger partial charge in [0, 0.05) is 54.8 Å². The van der Waals surface area contributed by atoms with Gasteiger partial charge in [-0.2, -0.15) is 5.01 Å². The highest BCUT2D eigenvalue weighted by molar-refractivity contribution is 6.05. The van der Waals surface area contributed by atoms with Crippen molar-refractivity contribution < 1.29 is 23.2 Å². The van der Waals surface area contributed by atoms with E-state index >= 15 is 0 Å². The Morgan fingerprint density at radius 3 is 2.26 bits per heavy atom. The van der Waals surface area contributed by atoms with Crippen molar-refractivity contribution in [2.45, 2.75) is 94.3 Å². The number of fused-ring (bicyclic) bond motifs is 1. The molecule has 184 valence electrons. The molecule has 1 aromatic rings. The Labute approximate surface area is 198 Å². The summed E-state index contributed by atoms with van der Waals surface area (Å²) in [7, 11) is 0. The highest BCUT2D eigenvalue weighted by Crippen LogP contribution is 2.47. The lowest BCUT2D eigenvalue weighted by molar-refractivity contribution is -0.177. The van der Waals surface area contributed by atoms with E-state index in [0.29, 0.717) is 36.8 Å². The van der Waals surface area contributed by atoms with Crippen LogP contribution in [0.5, 0.6) is 0 Å². The molecule has 1 aromatic carbocycles. The number of piperidine rings is 1. The number of amides is 3. The second-order valence-electron chi connectivity index (χ2n) is 10.2. The Bertz CT molecular complexity index is 976. The second-order valence-corrected chi connectivity index (χ2v) is 10.2. The quantitative estimate of drug-likeness (QED) is 0.652. The van der Waals surface area contributed by atoms with E-state index in [0.717, 1.165) is 24.3 Å². The zero-order valence-corrected chi connectivity index (χ0v) is 19.3. The second kappa shape index (κ2) is 8.68. The van der Waals surface area contributed by atoms with Crippen LogP contribution in [0.3, 0.4) is 0 Å². The van der Waals surface area contributed by atoms with Gasteiger partial charge in [-0.15, -0.1) is 0 Å². The third-order valence-corrected chi connectivity index (χ3v) is 8.08. The van der Waals surface area contributed by atoms with Gasteiger partial charge < -0.3 is 11.1 Å². The molecule has 1 unspecified atom stereocenters. The van der Waals surface area contributed by atoms with Crippen LogP contribution in [0.25, 0.3) is 0 Å². The largest absolute Gasteiger partial charge is 0.311 e. The lowest BCUT2D eigenvalue weighted by Crippen LogP contribution is -2.68. The summed E-state index contributed by atoms with van der Waals surface area (Å²) < 4.78 is 27.4. The van der Waals surface area contributed by atoms with Crippen LogP contribution < -0.4 is 11.1 Å². The molecular formula is C25H32F2N4O3. The predicted octanol–water partition coefficient (Wildman–Crippen LogP) is 3.43. The van der Waals surface area contributed by atoms with Gasteiger partial charge in [-0.25, -0.2) is 13.8 Å². The smallest absolute Gasteiger partial charge is 0.275 e. The SMILES string of the molecule is NC1([C@H]2CCCC[C@H]2NC2CCC(F)(F)CC2)c2ccccc2C(=O)N1N1C(=O)CCCC1=O. The average Bonchev–Trinajstić information content (AvgIpc) is 3.04. The van der Waals surface area contributed by atoms with E-state index in [1.807, 2.05) is 6.07 Å². The van der Waals surface area contributed by atoms with Gasteiger partial charge in [0.05, 0.1) is 0 Å². The Kier molecular flexibility index (Phi) is 5.96. The van der Waals surface area contributed by atoms with Gasteiger partial charge in [0.15, 0.2) is 0 Å². The van der Waals surface area contributed by atoms with Crippen LogP contribution >= 0.6 is 0 Å². The Hall–Kier alpha value is -2.39. The number of halogens is 2. The van der Waals surface area contributed by atoms with Crippen LogP contribution in [0.1, 0.15) is 86.6 Å². The maximum Gasteiger partial charge on any atom is 0.275 e. The molecule has 0 bridgehead atoms. The monoisotopic (exact) mass is 474 g/mol. The number of benzene rings is 1. The average molecular weight is 475 g/mol. The van der Waals surface area contributed by atoms with E-state index in [-0.39, 0.29) is 43.7 Å². The molecule has 0 spiro atoms. The molecule has 0 aromatic heterocycles. The minimum atomic E-state index is -2.61. The summed E-state index contributed by atoms with van der Waals surface area (Å²) in [5.41, 5.74) is 6.80. The van der Waals surface area contributed by atoms with Crippen LogP contribution in [0, 0.1) is 5.92 Å². The maximum atomic E-state index is 13.7. The fourth-order valence-corrected chi connectivity index (χ4v) is 6.36. The number of carbonyl (C=O) groups is 3.